The van der Waals surface area contributed by atoms with Crippen molar-refractivity contribution in [2.45, 2.75) is 181 Å². The second kappa shape index (κ2) is 26.5. The van der Waals surface area contributed by atoms with Crippen LogP contribution < -0.4 is 0 Å². The van der Waals surface area contributed by atoms with Crippen molar-refractivity contribution < 1.29 is 4.65 Å². The summed E-state index contributed by atoms with van der Waals surface area (Å²) >= 11 is 0. The lowest BCUT2D eigenvalue weighted by molar-refractivity contribution is -0.859. The van der Waals surface area contributed by atoms with E-state index in [4.69, 9.17) is 0 Å². The number of hydroxylamine groups is 3. The van der Waals surface area contributed by atoms with Gasteiger partial charge in [-0.05, 0) is 19.8 Å². The van der Waals surface area contributed by atoms with Crippen LogP contribution in [0.5, 0.6) is 0 Å². The summed E-state index contributed by atoms with van der Waals surface area (Å²) < 4.78 is -0.0562. The summed E-state index contributed by atoms with van der Waals surface area (Å²) in [5.41, 5.74) is 0. The van der Waals surface area contributed by atoms with Crippen molar-refractivity contribution in [3.05, 3.63) is 5.21 Å². The molecule has 0 spiro atoms. The Morgan fingerprint density at radius 1 is 0.364 bits per heavy atom. The van der Waals surface area contributed by atoms with Crippen molar-refractivity contribution in [2.24, 2.45) is 0 Å². The van der Waals surface area contributed by atoms with E-state index in [-0.39, 0.29) is 4.65 Å². The monoisotopic (exact) mass is 468 g/mol. The zero-order valence-corrected chi connectivity index (χ0v) is 23.7. The molecule has 0 amide bonds. The fraction of sp³-hybridized carbons (Fsp3) is 1.00. The summed E-state index contributed by atoms with van der Waals surface area (Å²) in [5, 5.41) is 11.8. The molecule has 0 N–H and O–H groups in total. The van der Waals surface area contributed by atoms with Gasteiger partial charge in [0.25, 0.3) is 0 Å². The molecule has 2 heteroatoms. The number of rotatable bonds is 28. The lowest BCUT2D eigenvalue weighted by Crippen LogP contribution is -2.37. The Morgan fingerprint density at radius 3 is 0.788 bits per heavy atom. The fourth-order valence-electron chi connectivity index (χ4n) is 4.92. The van der Waals surface area contributed by atoms with E-state index in [0.29, 0.717) is 6.54 Å². The number of quaternary nitrogens is 1. The van der Waals surface area contributed by atoms with Crippen LogP contribution in [-0.4, -0.2) is 24.8 Å². The van der Waals surface area contributed by atoms with Crippen LogP contribution in [0, 0.1) is 5.21 Å². The topological polar surface area (TPSA) is 23.1 Å². The molecule has 0 heterocycles. The Morgan fingerprint density at radius 2 is 0.576 bits per heavy atom. The molecule has 33 heavy (non-hydrogen) atoms. The molecule has 0 aromatic rings. The molecule has 0 aromatic carbocycles. The van der Waals surface area contributed by atoms with Gasteiger partial charge >= 0.3 is 0 Å². The maximum absolute atomic E-state index is 11.8. The maximum Gasteiger partial charge on any atom is 0.0781 e. The van der Waals surface area contributed by atoms with Gasteiger partial charge in [-0.2, -0.15) is 0 Å². The van der Waals surface area contributed by atoms with Crippen molar-refractivity contribution in [1.82, 2.24) is 0 Å². The lowest BCUT2D eigenvalue weighted by Gasteiger charge is -2.37. The second-order valence-electron chi connectivity index (χ2n) is 11.2. The van der Waals surface area contributed by atoms with E-state index >= 15 is 0 Å². The van der Waals surface area contributed by atoms with Gasteiger partial charge in [-0.15, -0.1) is 0 Å². The van der Waals surface area contributed by atoms with Gasteiger partial charge in [-0.3, -0.25) is 0 Å². The van der Waals surface area contributed by atoms with Crippen LogP contribution in [0.4, 0.5) is 0 Å². The highest BCUT2D eigenvalue weighted by atomic mass is 16.5. The average Bonchev–Trinajstić information content (AvgIpc) is 2.81. The van der Waals surface area contributed by atoms with Gasteiger partial charge in [-0.25, -0.2) is 0 Å². The van der Waals surface area contributed by atoms with Crippen LogP contribution in [0.1, 0.15) is 181 Å². The minimum atomic E-state index is -0.0562. The minimum Gasteiger partial charge on any atom is -0.633 e. The Bertz CT molecular complexity index is 355. The molecular formula is C31H65NO. The van der Waals surface area contributed by atoms with Crippen LogP contribution in [0.15, 0.2) is 0 Å². The van der Waals surface area contributed by atoms with Gasteiger partial charge in [0.1, 0.15) is 0 Å². The molecule has 0 aliphatic heterocycles. The molecule has 0 rings (SSSR count). The van der Waals surface area contributed by atoms with Crippen LogP contribution in [0.2, 0.25) is 0 Å². The van der Waals surface area contributed by atoms with E-state index in [1.54, 1.807) is 7.05 Å². The molecule has 2 nitrogen and oxygen atoms in total. The molecule has 0 aromatic heterocycles. The van der Waals surface area contributed by atoms with E-state index in [1.165, 1.54) is 161 Å². The van der Waals surface area contributed by atoms with Crippen molar-refractivity contribution in [1.29, 1.82) is 0 Å². The third-order valence-electron chi connectivity index (χ3n) is 7.65. The van der Waals surface area contributed by atoms with Crippen LogP contribution in [0.25, 0.3) is 0 Å². The zero-order chi connectivity index (χ0) is 24.3. The first-order valence-corrected chi connectivity index (χ1v) is 15.7. The quantitative estimate of drug-likeness (QED) is 0.0637. The molecule has 0 saturated carbocycles. The van der Waals surface area contributed by atoms with Crippen LogP contribution in [-0.2, 0) is 0 Å². The lowest BCUT2D eigenvalue weighted by atomic mass is 10.0. The summed E-state index contributed by atoms with van der Waals surface area (Å²) in [6, 6.07) is 0. The van der Waals surface area contributed by atoms with E-state index < -0.39 is 0 Å². The molecule has 0 fully saturated rings. The number of nitrogens with zero attached hydrogens (tertiary/aromatic N) is 1. The van der Waals surface area contributed by atoms with Gasteiger partial charge in [0, 0.05) is 0 Å². The third kappa shape index (κ3) is 28.0. The standard InChI is InChI=1S/C31H65NO/c1-4-6-7-8-9-10-11-12-13-14-15-16-17-18-19-20-21-22-23-24-25-26-27-28-29-30-31-32(3,33)5-2/h4-31H2,1-3H3. The van der Waals surface area contributed by atoms with Crippen molar-refractivity contribution in [3.63, 3.8) is 0 Å². The zero-order valence-electron chi connectivity index (χ0n) is 23.7. The highest BCUT2D eigenvalue weighted by Crippen LogP contribution is 2.16. The largest absolute Gasteiger partial charge is 0.633 e. The second-order valence-corrected chi connectivity index (χ2v) is 11.2. The van der Waals surface area contributed by atoms with Gasteiger partial charge in [0.15, 0.2) is 0 Å². The maximum atomic E-state index is 11.8. The van der Waals surface area contributed by atoms with Gasteiger partial charge < -0.3 is 9.85 Å². The Hall–Kier alpha value is -0.0800. The van der Waals surface area contributed by atoms with Gasteiger partial charge in [0.05, 0.1) is 20.1 Å². The first-order chi connectivity index (χ1) is 16.1. The Kier molecular flexibility index (Phi) is 26.5. The van der Waals surface area contributed by atoms with Crippen LogP contribution >= 0.6 is 0 Å². The fourth-order valence-corrected chi connectivity index (χ4v) is 4.92. The van der Waals surface area contributed by atoms with E-state index in [9.17, 15) is 5.21 Å². The summed E-state index contributed by atoms with van der Waals surface area (Å²) in [6.07, 6.45) is 37.1. The molecule has 200 valence electrons. The number of hydrogen-bond acceptors (Lipinski definition) is 1. The van der Waals surface area contributed by atoms with Crippen molar-refractivity contribution >= 4 is 0 Å². The summed E-state index contributed by atoms with van der Waals surface area (Å²) in [5.74, 6) is 0. The molecule has 0 bridgehead atoms. The highest BCUT2D eigenvalue weighted by molar-refractivity contribution is 4.52. The van der Waals surface area contributed by atoms with Crippen molar-refractivity contribution in [3.8, 4) is 0 Å². The number of hydrogen-bond donors (Lipinski definition) is 0. The molecule has 0 saturated heterocycles. The highest BCUT2D eigenvalue weighted by Gasteiger charge is 2.05. The van der Waals surface area contributed by atoms with Gasteiger partial charge in [-0.1, -0.05) is 161 Å². The van der Waals surface area contributed by atoms with E-state index in [2.05, 4.69) is 6.92 Å². The first kappa shape index (κ1) is 32.9. The predicted octanol–water partition coefficient (Wildman–Crippen LogP) is 11.1. The SMILES string of the molecule is CCCCCCCCCCCCCCCCCCCCCCCCCCCC[N+](C)([O-])CC. The summed E-state index contributed by atoms with van der Waals surface area (Å²) in [4.78, 5) is 0. The smallest absolute Gasteiger partial charge is 0.0781 e. The Balaban J connectivity index is 3.05. The Labute approximate surface area is 210 Å². The summed E-state index contributed by atoms with van der Waals surface area (Å²) in [6.45, 7) is 5.80. The average molecular weight is 468 g/mol. The van der Waals surface area contributed by atoms with Crippen molar-refractivity contribution in [2.75, 3.05) is 20.1 Å². The first-order valence-electron chi connectivity index (χ1n) is 15.7. The molecule has 1 unspecified atom stereocenters. The molecule has 1 atom stereocenters. The third-order valence-corrected chi connectivity index (χ3v) is 7.65. The molecular weight excluding hydrogens is 402 g/mol. The summed E-state index contributed by atoms with van der Waals surface area (Å²) in [7, 11) is 1.81. The number of unbranched alkanes of at least 4 members (excludes halogenated alkanes) is 25. The molecule has 0 aliphatic carbocycles. The predicted molar refractivity (Wildman–Crippen MR) is 151 cm³/mol. The van der Waals surface area contributed by atoms with E-state index in [1.807, 2.05) is 6.92 Å². The molecule has 0 aliphatic rings. The molecule has 0 radical (unpaired) electrons. The van der Waals surface area contributed by atoms with E-state index in [0.717, 1.165) is 13.0 Å². The van der Waals surface area contributed by atoms with Gasteiger partial charge in [0.2, 0.25) is 0 Å². The normalized spacial score (nSPS) is 13.5. The van der Waals surface area contributed by atoms with Crippen LogP contribution in [0.3, 0.4) is 0 Å². The minimum absolute atomic E-state index is 0.0562.